The molecule has 1 aliphatic rings. The molecule has 0 spiro atoms. The van der Waals surface area contributed by atoms with E-state index in [0.717, 1.165) is 12.8 Å². The number of nitrogens with zero attached hydrogens (tertiary/aromatic N) is 2. The standard InChI is InChI=1S/C14H17N7O/c15-10-4-3-8(5-11(10)16)20-14-18-6-9(12(17)22)13(21-14)19-7-1-2-7/h3-7H,1-2,15-16H2,(H2,17,22)(H2,18,19,20,21). The summed E-state index contributed by atoms with van der Waals surface area (Å²) in [5.41, 5.74) is 18.7. The predicted octanol–water partition coefficient (Wildman–Crippen LogP) is 1.06. The second-order valence-corrected chi connectivity index (χ2v) is 5.21. The number of benzene rings is 1. The Labute approximate surface area is 127 Å². The molecule has 2 aromatic rings. The van der Waals surface area contributed by atoms with Crippen LogP contribution in [-0.4, -0.2) is 21.9 Å². The van der Waals surface area contributed by atoms with Crippen LogP contribution in [0.5, 0.6) is 0 Å². The van der Waals surface area contributed by atoms with Crippen LogP contribution in [0.4, 0.5) is 28.8 Å². The van der Waals surface area contributed by atoms with E-state index >= 15 is 0 Å². The molecule has 0 saturated heterocycles. The van der Waals surface area contributed by atoms with Crippen LogP contribution in [0.15, 0.2) is 24.4 Å². The van der Waals surface area contributed by atoms with Gasteiger partial charge in [0.05, 0.1) is 16.9 Å². The van der Waals surface area contributed by atoms with E-state index in [1.165, 1.54) is 6.20 Å². The number of nitrogens with one attached hydrogen (secondary N) is 2. The lowest BCUT2D eigenvalue weighted by atomic mass is 10.2. The molecule has 0 bridgehead atoms. The zero-order valence-corrected chi connectivity index (χ0v) is 11.8. The van der Waals surface area contributed by atoms with Crippen LogP contribution in [0.25, 0.3) is 0 Å². The van der Waals surface area contributed by atoms with Crippen molar-refractivity contribution < 1.29 is 4.79 Å². The molecule has 0 radical (unpaired) electrons. The molecular weight excluding hydrogens is 282 g/mol. The molecule has 1 heterocycles. The number of hydrogen-bond acceptors (Lipinski definition) is 7. The quantitative estimate of drug-likeness (QED) is 0.519. The van der Waals surface area contributed by atoms with Crippen molar-refractivity contribution in [2.24, 2.45) is 5.73 Å². The van der Waals surface area contributed by atoms with Crippen molar-refractivity contribution in [3.8, 4) is 0 Å². The third kappa shape index (κ3) is 3.00. The van der Waals surface area contributed by atoms with Crippen LogP contribution in [0.2, 0.25) is 0 Å². The van der Waals surface area contributed by atoms with Crippen LogP contribution in [0.3, 0.4) is 0 Å². The number of hydrogen-bond donors (Lipinski definition) is 5. The summed E-state index contributed by atoms with van der Waals surface area (Å²) in [7, 11) is 0. The highest BCUT2D eigenvalue weighted by Crippen LogP contribution is 2.27. The first-order valence-corrected chi connectivity index (χ1v) is 6.88. The minimum Gasteiger partial charge on any atom is -0.397 e. The Morgan fingerprint density at radius 2 is 2.00 bits per heavy atom. The molecule has 0 aliphatic heterocycles. The molecule has 0 unspecified atom stereocenters. The van der Waals surface area contributed by atoms with Crippen LogP contribution in [0, 0.1) is 0 Å². The van der Waals surface area contributed by atoms with Gasteiger partial charge in [0.1, 0.15) is 5.82 Å². The number of aromatic nitrogens is 2. The Kier molecular flexibility index (Phi) is 3.42. The fourth-order valence-electron chi connectivity index (χ4n) is 1.94. The largest absolute Gasteiger partial charge is 0.397 e. The van der Waals surface area contributed by atoms with E-state index in [1.807, 2.05) is 0 Å². The van der Waals surface area contributed by atoms with Gasteiger partial charge in [0.2, 0.25) is 5.95 Å². The maximum Gasteiger partial charge on any atom is 0.254 e. The molecule has 114 valence electrons. The predicted molar refractivity (Wildman–Crippen MR) is 85.7 cm³/mol. The van der Waals surface area contributed by atoms with Gasteiger partial charge < -0.3 is 27.8 Å². The summed E-state index contributed by atoms with van der Waals surface area (Å²) in [4.78, 5) is 19.8. The van der Waals surface area contributed by atoms with Crippen molar-refractivity contribution in [3.63, 3.8) is 0 Å². The molecule has 8 N–H and O–H groups in total. The Morgan fingerprint density at radius 1 is 1.23 bits per heavy atom. The molecular formula is C14H17N7O. The van der Waals surface area contributed by atoms with Crippen LogP contribution >= 0.6 is 0 Å². The summed E-state index contributed by atoms with van der Waals surface area (Å²) in [6, 6.07) is 5.49. The Balaban J connectivity index is 1.86. The lowest BCUT2D eigenvalue weighted by molar-refractivity contribution is 0.100. The summed E-state index contributed by atoms with van der Waals surface area (Å²) in [5, 5.41) is 6.20. The Bertz CT molecular complexity index is 727. The van der Waals surface area contributed by atoms with Gasteiger partial charge in [0.15, 0.2) is 0 Å². The van der Waals surface area contributed by atoms with Crippen molar-refractivity contribution in [1.29, 1.82) is 0 Å². The zero-order valence-electron chi connectivity index (χ0n) is 11.8. The summed E-state index contributed by atoms with van der Waals surface area (Å²) in [6.07, 6.45) is 3.52. The first-order chi connectivity index (χ1) is 10.5. The van der Waals surface area contributed by atoms with E-state index in [9.17, 15) is 4.79 Å². The first kappa shape index (κ1) is 13.9. The maximum atomic E-state index is 11.4. The monoisotopic (exact) mass is 299 g/mol. The molecule has 1 amide bonds. The van der Waals surface area contributed by atoms with E-state index in [-0.39, 0.29) is 5.56 Å². The molecule has 8 heteroatoms. The Morgan fingerprint density at radius 3 is 2.64 bits per heavy atom. The SMILES string of the molecule is NC(=O)c1cnc(Nc2ccc(N)c(N)c2)nc1NC1CC1. The molecule has 1 aromatic carbocycles. The van der Waals surface area contributed by atoms with Crippen molar-refractivity contribution in [3.05, 3.63) is 30.0 Å². The second kappa shape index (κ2) is 5.40. The topological polar surface area (TPSA) is 145 Å². The highest BCUT2D eigenvalue weighted by atomic mass is 16.1. The molecule has 1 saturated carbocycles. The highest BCUT2D eigenvalue weighted by Gasteiger charge is 2.24. The number of primary amides is 1. The molecule has 1 aliphatic carbocycles. The fraction of sp³-hybridized carbons (Fsp3) is 0.214. The number of carbonyl (C=O) groups is 1. The number of carbonyl (C=O) groups excluding carboxylic acids is 1. The van der Waals surface area contributed by atoms with E-state index in [2.05, 4.69) is 20.6 Å². The number of anilines is 5. The molecule has 1 fully saturated rings. The molecule has 8 nitrogen and oxygen atoms in total. The summed E-state index contributed by atoms with van der Waals surface area (Å²) >= 11 is 0. The van der Waals surface area contributed by atoms with Crippen molar-refractivity contribution in [2.75, 3.05) is 22.1 Å². The third-order valence-corrected chi connectivity index (χ3v) is 3.32. The van der Waals surface area contributed by atoms with Crippen molar-refractivity contribution in [1.82, 2.24) is 9.97 Å². The van der Waals surface area contributed by atoms with Gasteiger partial charge in [-0.3, -0.25) is 4.79 Å². The highest BCUT2D eigenvalue weighted by molar-refractivity contribution is 5.97. The molecule has 1 aromatic heterocycles. The number of rotatable bonds is 5. The summed E-state index contributed by atoms with van der Waals surface area (Å²) < 4.78 is 0. The van der Waals surface area contributed by atoms with Gasteiger partial charge >= 0.3 is 0 Å². The van der Waals surface area contributed by atoms with Gasteiger partial charge in [-0.25, -0.2) is 4.98 Å². The van der Waals surface area contributed by atoms with Crippen LogP contribution < -0.4 is 27.8 Å². The molecule has 22 heavy (non-hydrogen) atoms. The summed E-state index contributed by atoms with van der Waals surface area (Å²) in [5.74, 6) is 0.222. The molecule has 3 rings (SSSR count). The van der Waals surface area contributed by atoms with Gasteiger partial charge in [0, 0.05) is 17.9 Å². The van der Waals surface area contributed by atoms with E-state index in [0.29, 0.717) is 34.9 Å². The lowest BCUT2D eigenvalue weighted by Crippen LogP contribution is -2.17. The van der Waals surface area contributed by atoms with Gasteiger partial charge in [-0.15, -0.1) is 0 Å². The van der Waals surface area contributed by atoms with Gasteiger partial charge in [-0.1, -0.05) is 0 Å². The van der Waals surface area contributed by atoms with Crippen LogP contribution in [-0.2, 0) is 0 Å². The molecule has 0 atom stereocenters. The summed E-state index contributed by atoms with van der Waals surface area (Å²) in [6.45, 7) is 0. The van der Waals surface area contributed by atoms with E-state index in [1.54, 1.807) is 18.2 Å². The second-order valence-electron chi connectivity index (χ2n) is 5.21. The average Bonchev–Trinajstić information content (AvgIpc) is 3.27. The minimum atomic E-state index is -0.563. The van der Waals surface area contributed by atoms with Gasteiger partial charge in [-0.2, -0.15) is 4.98 Å². The first-order valence-electron chi connectivity index (χ1n) is 6.88. The zero-order chi connectivity index (χ0) is 15.7. The minimum absolute atomic E-state index is 0.272. The number of nitrogen functional groups attached to an aromatic ring is 2. The van der Waals surface area contributed by atoms with Gasteiger partial charge in [0.25, 0.3) is 5.91 Å². The smallest absolute Gasteiger partial charge is 0.254 e. The average molecular weight is 299 g/mol. The number of nitrogens with two attached hydrogens (primary N) is 3. The van der Waals surface area contributed by atoms with E-state index in [4.69, 9.17) is 17.2 Å². The normalized spacial score (nSPS) is 13.6. The van der Waals surface area contributed by atoms with E-state index < -0.39 is 5.91 Å². The van der Waals surface area contributed by atoms with Crippen molar-refractivity contribution >= 4 is 34.7 Å². The maximum absolute atomic E-state index is 11.4. The van der Waals surface area contributed by atoms with Crippen molar-refractivity contribution in [2.45, 2.75) is 18.9 Å². The third-order valence-electron chi connectivity index (χ3n) is 3.32. The van der Waals surface area contributed by atoms with Gasteiger partial charge in [-0.05, 0) is 31.0 Å². The van der Waals surface area contributed by atoms with Crippen LogP contribution in [0.1, 0.15) is 23.2 Å². The fourth-order valence-corrected chi connectivity index (χ4v) is 1.94. The Hall–Kier alpha value is -3.03. The number of amides is 1. The lowest BCUT2D eigenvalue weighted by Gasteiger charge is -2.11.